The molecule has 2 atom stereocenters. The Morgan fingerprint density at radius 2 is 1.79 bits per heavy atom. The van der Waals surface area contributed by atoms with Crippen LogP contribution in [0.4, 0.5) is 0 Å². The number of aromatic nitrogens is 1. The van der Waals surface area contributed by atoms with Gasteiger partial charge in [-0.3, -0.25) is 15.2 Å². The van der Waals surface area contributed by atoms with Crippen molar-refractivity contribution >= 4 is 11.6 Å². The SMILES string of the molecule is O=C1CC(C2CCCCC2)CCN1C1CC(c2ccncc2)=NN1. The van der Waals surface area contributed by atoms with Gasteiger partial charge in [0.25, 0.3) is 0 Å². The summed E-state index contributed by atoms with van der Waals surface area (Å²) >= 11 is 0. The van der Waals surface area contributed by atoms with Crippen molar-refractivity contribution in [2.75, 3.05) is 6.54 Å². The van der Waals surface area contributed by atoms with Crippen LogP contribution in [0.5, 0.6) is 0 Å². The first-order chi connectivity index (χ1) is 11.8. The minimum Gasteiger partial charge on any atom is -0.321 e. The molecule has 5 heteroatoms. The molecule has 1 amide bonds. The number of pyridine rings is 1. The summed E-state index contributed by atoms with van der Waals surface area (Å²) in [5.74, 6) is 1.70. The van der Waals surface area contributed by atoms with Crippen molar-refractivity contribution in [3.63, 3.8) is 0 Å². The van der Waals surface area contributed by atoms with E-state index in [1.807, 2.05) is 17.0 Å². The Bertz CT molecular complexity index is 609. The van der Waals surface area contributed by atoms with Gasteiger partial charge in [-0.1, -0.05) is 32.1 Å². The molecule has 1 saturated heterocycles. The summed E-state index contributed by atoms with van der Waals surface area (Å²) in [7, 11) is 0. The molecular weight excluding hydrogens is 300 g/mol. The van der Waals surface area contributed by atoms with E-state index in [-0.39, 0.29) is 6.17 Å². The molecule has 5 nitrogen and oxygen atoms in total. The molecule has 1 N–H and O–H groups in total. The van der Waals surface area contributed by atoms with Gasteiger partial charge in [0.2, 0.25) is 5.91 Å². The predicted octanol–water partition coefficient (Wildman–Crippen LogP) is 2.92. The Labute approximate surface area is 143 Å². The summed E-state index contributed by atoms with van der Waals surface area (Å²) in [6.07, 6.45) is 13.0. The largest absolute Gasteiger partial charge is 0.321 e. The van der Waals surface area contributed by atoms with Crippen molar-refractivity contribution in [3.8, 4) is 0 Å². The monoisotopic (exact) mass is 326 g/mol. The third-order valence-electron chi connectivity index (χ3n) is 5.94. The number of hydrogen-bond acceptors (Lipinski definition) is 4. The van der Waals surface area contributed by atoms with Crippen molar-refractivity contribution in [1.29, 1.82) is 0 Å². The second-order valence-corrected chi connectivity index (χ2v) is 7.38. The van der Waals surface area contributed by atoms with Crippen LogP contribution in [0.2, 0.25) is 0 Å². The number of nitrogens with one attached hydrogen (secondary N) is 1. The quantitative estimate of drug-likeness (QED) is 0.929. The molecule has 3 heterocycles. The Kier molecular flexibility index (Phi) is 4.50. The summed E-state index contributed by atoms with van der Waals surface area (Å²) in [6.45, 7) is 0.872. The van der Waals surface area contributed by atoms with E-state index in [9.17, 15) is 4.79 Å². The topological polar surface area (TPSA) is 57.6 Å². The number of likely N-dealkylation sites (tertiary alicyclic amines) is 1. The molecule has 24 heavy (non-hydrogen) atoms. The molecule has 128 valence electrons. The molecule has 0 radical (unpaired) electrons. The molecule has 1 aliphatic carbocycles. The molecule has 1 saturated carbocycles. The van der Waals surface area contributed by atoms with Gasteiger partial charge < -0.3 is 4.90 Å². The number of carbonyl (C=O) groups excluding carboxylic acids is 1. The molecule has 3 aliphatic rings. The first-order valence-electron chi connectivity index (χ1n) is 9.33. The van der Waals surface area contributed by atoms with E-state index in [2.05, 4.69) is 15.5 Å². The van der Waals surface area contributed by atoms with Crippen molar-refractivity contribution in [1.82, 2.24) is 15.3 Å². The highest BCUT2D eigenvalue weighted by Gasteiger charge is 2.36. The summed E-state index contributed by atoms with van der Waals surface area (Å²) in [5, 5.41) is 4.45. The van der Waals surface area contributed by atoms with E-state index < -0.39 is 0 Å². The van der Waals surface area contributed by atoms with Gasteiger partial charge in [0.1, 0.15) is 6.17 Å². The lowest BCUT2D eigenvalue weighted by molar-refractivity contribution is -0.139. The van der Waals surface area contributed by atoms with Crippen molar-refractivity contribution in [2.24, 2.45) is 16.9 Å². The normalized spacial score (nSPS) is 28.6. The number of hydrazone groups is 1. The Morgan fingerprint density at radius 3 is 2.54 bits per heavy atom. The summed E-state index contributed by atoms with van der Waals surface area (Å²) < 4.78 is 0. The van der Waals surface area contributed by atoms with Gasteiger partial charge in [0, 0.05) is 37.3 Å². The van der Waals surface area contributed by atoms with Crippen LogP contribution in [0.3, 0.4) is 0 Å². The highest BCUT2D eigenvalue weighted by Crippen LogP contribution is 2.36. The maximum atomic E-state index is 12.7. The minimum absolute atomic E-state index is 0.0213. The average molecular weight is 326 g/mol. The third kappa shape index (κ3) is 3.17. The average Bonchev–Trinajstić information content (AvgIpc) is 3.13. The Morgan fingerprint density at radius 1 is 1.00 bits per heavy atom. The maximum Gasteiger partial charge on any atom is 0.224 e. The summed E-state index contributed by atoms with van der Waals surface area (Å²) in [6, 6.07) is 3.94. The molecule has 0 bridgehead atoms. The first-order valence-corrected chi connectivity index (χ1v) is 9.33. The summed E-state index contributed by atoms with van der Waals surface area (Å²) in [4.78, 5) is 18.8. The van der Waals surface area contributed by atoms with Crippen LogP contribution >= 0.6 is 0 Å². The van der Waals surface area contributed by atoms with Gasteiger partial charge in [-0.25, -0.2) is 0 Å². The fraction of sp³-hybridized carbons (Fsp3) is 0.632. The van der Waals surface area contributed by atoms with Gasteiger partial charge in [-0.2, -0.15) is 5.10 Å². The van der Waals surface area contributed by atoms with Gasteiger partial charge in [-0.15, -0.1) is 0 Å². The van der Waals surface area contributed by atoms with Crippen LogP contribution in [-0.4, -0.2) is 34.2 Å². The van der Waals surface area contributed by atoms with Gasteiger partial charge in [0.05, 0.1) is 5.71 Å². The standard InChI is InChI=1S/C19H26N4O/c24-19-12-16(14-4-2-1-3-5-14)8-11-23(19)18-13-17(21-22-18)15-6-9-20-10-7-15/h6-7,9-10,14,16,18,22H,1-5,8,11-13H2. The van der Waals surface area contributed by atoms with Crippen LogP contribution in [0, 0.1) is 11.8 Å². The zero-order chi connectivity index (χ0) is 16.4. The van der Waals surface area contributed by atoms with Gasteiger partial charge >= 0.3 is 0 Å². The maximum absolute atomic E-state index is 12.7. The lowest BCUT2D eigenvalue weighted by Crippen LogP contribution is -2.50. The molecule has 0 aromatic carbocycles. The molecule has 1 aromatic heterocycles. The second-order valence-electron chi connectivity index (χ2n) is 7.38. The van der Waals surface area contributed by atoms with E-state index in [1.165, 1.54) is 32.1 Å². The molecule has 4 rings (SSSR count). The molecular formula is C19H26N4O. The zero-order valence-corrected chi connectivity index (χ0v) is 14.2. The predicted molar refractivity (Wildman–Crippen MR) is 93.3 cm³/mol. The number of hydrogen-bond donors (Lipinski definition) is 1. The third-order valence-corrected chi connectivity index (χ3v) is 5.94. The minimum atomic E-state index is 0.0213. The van der Waals surface area contributed by atoms with Crippen LogP contribution in [0.15, 0.2) is 29.6 Å². The van der Waals surface area contributed by atoms with E-state index >= 15 is 0 Å². The molecule has 2 fully saturated rings. The summed E-state index contributed by atoms with van der Waals surface area (Å²) in [5.41, 5.74) is 5.28. The molecule has 2 unspecified atom stereocenters. The Balaban J connectivity index is 1.34. The Hall–Kier alpha value is -1.91. The highest BCUT2D eigenvalue weighted by atomic mass is 16.2. The number of nitrogens with zero attached hydrogens (tertiary/aromatic N) is 3. The van der Waals surface area contributed by atoms with E-state index in [4.69, 9.17) is 0 Å². The second kappa shape index (κ2) is 6.91. The van der Waals surface area contributed by atoms with E-state index in [0.717, 1.165) is 43.0 Å². The molecule has 1 aromatic rings. The van der Waals surface area contributed by atoms with Crippen molar-refractivity contribution in [3.05, 3.63) is 30.1 Å². The van der Waals surface area contributed by atoms with E-state index in [0.29, 0.717) is 11.8 Å². The van der Waals surface area contributed by atoms with E-state index in [1.54, 1.807) is 12.4 Å². The van der Waals surface area contributed by atoms with Crippen LogP contribution in [-0.2, 0) is 4.79 Å². The fourth-order valence-corrected chi connectivity index (χ4v) is 4.54. The smallest absolute Gasteiger partial charge is 0.224 e. The van der Waals surface area contributed by atoms with Gasteiger partial charge in [0.15, 0.2) is 0 Å². The lowest BCUT2D eigenvalue weighted by Gasteiger charge is -2.39. The van der Waals surface area contributed by atoms with Crippen molar-refractivity contribution < 1.29 is 4.79 Å². The lowest BCUT2D eigenvalue weighted by atomic mass is 9.75. The fourth-order valence-electron chi connectivity index (χ4n) is 4.54. The number of amides is 1. The number of rotatable bonds is 3. The van der Waals surface area contributed by atoms with Crippen LogP contribution in [0.1, 0.15) is 56.9 Å². The van der Waals surface area contributed by atoms with Crippen LogP contribution < -0.4 is 5.43 Å². The number of carbonyl (C=O) groups is 1. The highest BCUT2D eigenvalue weighted by molar-refractivity contribution is 6.01. The zero-order valence-electron chi connectivity index (χ0n) is 14.2. The van der Waals surface area contributed by atoms with Crippen molar-refractivity contribution in [2.45, 2.75) is 57.5 Å². The number of piperidine rings is 1. The molecule has 2 aliphatic heterocycles. The first kappa shape index (κ1) is 15.6. The molecule has 0 spiro atoms. The van der Waals surface area contributed by atoms with Crippen LogP contribution in [0.25, 0.3) is 0 Å². The van der Waals surface area contributed by atoms with Gasteiger partial charge in [-0.05, 0) is 30.4 Å².